The van der Waals surface area contributed by atoms with Gasteiger partial charge in [-0.3, -0.25) is 4.98 Å². The van der Waals surface area contributed by atoms with Gasteiger partial charge in [0.25, 0.3) is 0 Å². The van der Waals surface area contributed by atoms with Crippen LogP contribution in [-0.2, 0) is 0 Å². The summed E-state index contributed by atoms with van der Waals surface area (Å²) in [5.74, 6) is 0. The molecule has 2 nitrogen and oxygen atoms in total. The molecule has 0 saturated heterocycles. The fraction of sp³-hybridized carbons (Fsp3) is 0.545. The number of alkyl halides is 3. The van der Waals surface area contributed by atoms with E-state index in [9.17, 15) is 13.2 Å². The Labute approximate surface area is 92.9 Å². The van der Waals surface area contributed by atoms with E-state index in [4.69, 9.17) is 0 Å². The summed E-state index contributed by atoms with van der Waals surface area (Å²) in [5, 5.41) is 3.03. The topological polar surface area (TPSA) is 24.9 Å². The van der Waals surface area contributed by atoms with Crippen LogP contribution in [0.15, 0.2) is 24.5 Å². The Morgan fingerprint density at radius 2 is 2.19 bits per heavy atom. The van der Waals surface area contributed by atoms with Gasteiger partial charge in [0.2, 0.25) is 0 Å². The molecule has 0 bridgehead atoms. The number of nitrogens with one attached hydrogen (secondary N) is 1. The molecule has 0 spiro atoms. The first-order valence-electron chi connectivity index (χ1n) is 5.19. The number of nitrogens with zero attached hydrogens (tertiary/aromatic N) is 1. The molecule has 0 saturated carbocycles. The number of pyridine rings is 1. The molecule has 0 aromatic carbocycles. The van der Waals surface area contributed by atoms with E-state index in [2.05, 4.69) is 10.3 Å². The molecule has 1 aromatic rings. The first kappa shape index (κ1) is 13.0. The quantitative estimate of drug-likeness (QED) is 0.789. The van der Waals surface area contributed by atoms with Crippen LogP contribution in [0, 0.1) is 0 Å². The van der Waals surface area contributed by atoms with Gasteiger partial charge in [-0.05, 0) is 31.5 Å². The molecule has 90 valence electrons. The van der Waals surface area contributed by atoms with Gasteiger partial charge in [-0.25, -0.2) is 0 Å². The van der Waals surface area contributed by atoms with Gasteiger partial charge < -0.3 is 5.32 Å². The number of rotatable bonds is 5. The van der Waals surface area contributed by atoms with Crippen molar-refractivity contribution in [2.45, 2.75) is 32.0 Å². The van der Waals surface area contributed by atoms with Crippen LogP contribution in [-0.4, -0.2) is 17.7 Å². The number of halogens is 3. The molecule has 1 aromatic heterocycles. The molecule has 1 atom stereocenters. The minimum absolute atomic E-state index is 0.0296. The molecule has 1 rings (SSSR count). The normalized spacial score (nSPS) is 13.8. The van der Waals surface area contributed by atoms with Crippen molar-refractivity contribution >= 4 is 0 Å². The molecular weight excluding hydrogens is 217 g/mol. The summed E-state index contributed by atoms with van der Waals surface area (Å²) in [4.78, 5) is 3.95. The first-order valence-corrected chi connectivity index (χ1v) is 5.19. The molecule has 0 aliphatic carbocycles. The highest BCUT2D eigenvalue weighted by atomic mass is 19.4. The lowest BCUT2D eigenvalue weighted by molar-refractivity contribution is -0.135. The maximum Gasteiger partial charge on any atom is 0.389 e. The van der Waals surface area contributed by atoms with Gasteiger partial charge in [-0.15, -0.1) is 0 Å². The van der Waals surface area contributed by atoms with Crippen molar-refractivity contribution in [3.8, 4) is 0 Å². The zero-order valence-corrected chi connectivity index (χ0v) is 9.09. The maximum absolute atomic E-state index is 11.9. The van der Waals surface area contributed by atoms with Gasteiger partial charge in [0, 0.05) is 24.9 Å². The zero-order chi connectivity index (χ0) is 12.0. The van der Waals surface area contributed by atoms with Crippen molar-refractivity contribution < 1.29 is 13.2 Å². The third-order valence-corrected chi connectivity index (χ3v) is 2.27. The van der Waals surface area contributed by atoms with E-state index >= 15 is 0 Å². The summed E-state index contributed by atoms with van der Waals surface area (Å²) in [7, 11) is 0. The largest absolute Gasteiger partial charge is 0.389 e. The predicted octanol–water partition coefficient (Wildman–Crippen LogP) is 3.07. The molecule has 0 aliphatic rings. The average molecular weight is 232 g/mol. The second kappa shape index (κ2) is 5.84. The van der Waals surface area contributed by atoms with Gasteiger partial charge in [0.15, 0.2) is 0 Å². The smallest absolute Gasteiger partial charge is 0.310 e. The highest BCUT2D eigenvalue weighted by Crippen LogP contribution is 2.21. The van der Waals surface area contributed by atoms with E-state index in [1.165, 1.54) is 0 Å². The number of aromatic nitrogens is 1. The fourth-order valence-electron chi connectivity index (χ4n) is 1.36. The Bertz CT molecular complexity index is 298. The van der Waals surface area contributed by atoms with Crippen LogP contribution in [0.25, 0.3) is 0 Å². The van der Waals surface area contributed by atoms with Crippen molar-refractivity contribution in [3.05, 3.63) is 30.1 Å². The molecule has 1 N–H and O–H groups in total. The SMILES string of the molecule is C[C@H](NCCCC(F)(F)F)c1cccnc1. The van der Waals surface area contributed by atoms with E-state index in [1.807, 2.05) is 19.1 Å². The number of hydrogen-bond donors (Lipinski definition) is 1. The van der Waals surface area contributed by atoms with E-state index in [0.717, 1.165) is 5.56 Å². The lowest BCUT2D eigenvalue weighted by Gasteiger charge is -2.14. The van der Waals surface area contributed by atoms with Crippen LogP contribution in [0.5, 0.6) is 0 Å². The van der Waals surface area contributed by atoms with Crippen molar-refractivity contribution in [1.82, 2.24) is 10.3 Å². The van der Waals surface area contributed by atoms with E-state index < -0.39 is 12.6 Å². The predicted molar refractivity (Wildman–Crippen MR) is 55.9 cm³/mol. The van der Waals surface area contributed by atoms with Gasteiger partial charge in [0.05, 0.1) is 0 Å². The Morgan fingerprint density at radius 3 is 2.75 bits per heavy atom. The van der Waals surface area contributed by atoms with Gasteiger partial charge >= 0.3 is 6.18 Å². The lowest BCUT2D eigenvalue weighted by atomic mass is 10.1. The molecule has 16 heavy (non-hydrogen) atoms. The molecule has 0 amide bonds. The zero-order valence-electron chi connectivity index (χ0n) is 9.09. The fourth-order valence-corrected chi connectivity index (χ4v) is 1.36. The summed E-state index contributed by atoms with van der Waals surface area (Å²) in [6.07, 6.45) is -1.31. The van der Waals surface area contributed by atoms with Crippen molar-refractivity contribution in [3.63, 3.8) is 0 Å². The molecule has 0 radical (unpaired) electrons. The minimum Gasteiger partial charge on any atom is -0.310 e. The first-order chi connectivity index (χ1) is 7.49. The summed E-state index contributed by atoms with van der Waals surface area (Å²) >= 11 is 0. The second-order valence-electron chi connectivity index (χ2n) is 3.68. The van der Waals surface area contributed by atoms with Crippen LogP contribution in [0.4, 0.5) is 13.2 Å². The van der Waals surface area contributed by atoms with Gasteiger partial charge in [0.1, 0.15) is 0 Å². The second-order valence-corrected chi connectivity index (χ2v) is 3.68. The molecule has 0 unspecified atom stereocenters. The molecular formula is C11H15F3N2. The summed E-state index contributed by atoms with van der Waals surface area (Å²) in [6.45, 7) is 2.26. The standard InChI is InChI=1S/C11H15F3N2/c1-9(10-4-2-6-15-8-10)16-7-3-5-11(12,13)14/h2,4,6,8-9,16H,3,5,7H2,1H3/t9-/m0/s1. The average Bonchev–Trinajstić information content (AvgIpc) is 2.24. The third-order valence-electron chi connectivity index (χ3n) is 2.27. The Hall–Kier alpha value is -1.10. The van der Waals surface area contributed by atoms with Crippen LogP contribution < -0.4 is 5.32 Å². The summed E-state index contributed by atoms with van der Waals surface area (Å²) < 4.78 is 35.6. The summed E-state index contributed by atoms with van der Waals surface area (Å²) in [5.41, 5.74) is 0.981. The molecule has 0 aliphatic heterocycles. The molecule has 1 heterocycles. The van der Waals surface area contributed by atoms with Crippen LogP contribution >= 0.6 is 0 Å². The van der Waals surface area contributed by atoms with E-state index in [1.54, 1.807) is 12.4 Å². The highest BCUT2D eigenvalue weighted by molar-refractivity contribution is 5.12. The van der Waals surface area contributed by atoms with Crippen molar-refractivity contribution in [2.75, 3.05) is 6.54 Å². The maximum atomic E-state index is 11.9. The highest BCUT2D eigenvalue weighted by Gasteiger charge is 2.25. The van der Waals surface area contributed by atoms with E-state index in [0.29, 0.717) is 6.54 Å². The molecule has 5 heteroatoms. The van der Waals surface area contributed by atoms with E-state index in [-0.39, 0.29) is 12.5 Å². The Kier molecular flexibility index (Phi) is 4.73. The lowest BCUT2D eigenvalue weighted by Crippen LogP contribution is -2.21. The Balaban J connectivity index is 2.24. The van der Waals surface area contributed by atoms with Gasteiger partial charge in [-0.2, -0.15) is 13.2 Å². The van der Waals surface area contributed by atoms with Crippen molar-refractivity contribution in [1.29, 1.82) is 0 Å². The number of hydrogen-bond acceptors (Lipinski definition) is 2. The van der Waals surface area contributed by atoms with Crippen LogP contribution in [0.1, 0.15) is 31.4 Å². The van der Waals surface area contributed by atoms with Crippen LogP contribution in [0.2, 0.25) is 0 Å². The third kappa shape index (κ3) is 5.11. The van der Waals surface area contributed by atoms with Crippen molar-refractivity contribution in [2.24, 2.45) is 0 Å². The van der Waals surface area contributed by atoms with Gasteiger partial charge in [-0.1, -0.05) is 6.07 Å². The summed E-state index contributed by atoms with van der Waals surface area (Å²) in [6, 6.07) is 3.74. The minimum atomic E-state index is -4.06. The monoisotopic (exact) mass is 232 g/mol. The Morgan fingerprint density at radius 1 is 1.44 bits per heavy atom. The van der Waals surface area contributed by atoms with Crippen LogP contribution in [0.3, 0.4) is 0 Å². The molecule has 0 fully saturated rings.